The van der Waals surface area contributed by atoms with Crippen LogP contribution in [0.4, 0.5) is 24.5 Å². The van der Waals surface area contributed by atoms with Crippen molar-refractivity contribution in [1.29, 1.82) is 0 Å². The summed E-state index contributed by atoms with van der Waals surface area (Å²) in [5.74, 6) is 0.269. The van der Waals surface area contributed by atoms with E-state index in [4.69, 9.17) is 14.2 Å². The number of rotatable bonds is 6. The van der Waals surface area contributed by atoms with Crippen molar-refractivity contribution < 1.29 is 32.2 Å². The van der Waals surface area contributed by atoms with Crippen LogP contribution in [0.25, 0.3) is 0 Å². The van der Waals surface area contributed by atoms with E-state index in [1.165, 1.54) is 39.5 Å². The topological polar surface area (TPSA) is 60.0 Å². The lowest BCUT2D eigenvalue weighted by atomic mass is 10.1. The molecule has 6 nitrogen and oxygen atoms in total. The molecule has 1 N–H and O–H groups in total. The number of halogens is 3. The highest BCUT2D eigenvalue weighted by Gasteiger charge is 2.32. The maximum atomic E-state index is 13.3. The predicted molar refractivity (Wildman–Crippen MR) is 112 cm³/mol. The minimum absolute atomic E-state index is 0.107. The van der Waals surface area contributed by atoms with E-state index < -0.39 is 17.6 Å². The van der Waals surface area contributed by atoms with Gasteiger partial charge in [-0.05, 0) is 49.6 Å². The summed E-state index contributed by atoms with van der Waals surface area (Å²) in [6.45, 7) is 1.44. The van der Waals surface area contributed by atoms with Gasteiger partial charge in [-0.15, -0.1) is 0 Å². The summed E-state index contributed by atoms with van der Waals surface area (Å²) in [5.41, 5.74) is 0.00826. The van der Waals surface area contributed by atoms with Gasteiger partial charge in [0.05, 0.1) is 38.3 Å². The number of methoxy groups -OCH3 is 3. The first-order valence-corrected chi connectivity index (χ1v) is 9.86. The second kappa shape index (κ2) is 9.36. The highest BCUT2D eigenvalue weighted by atomic mass is 19.4. The molecule has 0 bridgehead atoms. The fraction of sp³-hybridized carbons (Fsp3) is 0.409. The van der Waals surface area contributed by atoms with Crippen LogP contribution in [-0.4, -0.2) is 40.3 Å². The lowest BCUT2D eigenvalue weighted by molar-refractivity contribution is -0.137. The molecule has 168 valence electrons. The number of alkyl halides is 3. The second-order valence-corrected chi connectivity index (χ2v) is 7.15. The van der Waals surface area contributed by atoms with Crippen LogP contribution in [0, 0.1) is 0 Å². The third kappa shape index (κ3) is 4.98. The van der Waals surface area contributed by atoms with Gasteiger partial charge in [0.15, 0.2) is 11.5 Å². The number of hydrogen-bond donors (Lipinski definition) is 1. The normalized spacial score (nSPS) is 14.2. The molecule has 1 amide bonds. The monoisotopic (exact) mass is 438 g/mol. The lowest BCUT2D eigenvalue weighted by Crippen LogP contribution is -2.30. The molecule has 0 aliphatic carbocycles. The van der Waals surface area contributed by atoms with Gasteiger partial charge in [-0.2, -0.15) is 13.2 Å². The first kappa shape index (κ1) is 22.6. The van der Waals surface area contributed by atoms with Crippen molar-refractivity contribution in [3.05, 3.63) is 41.5 Å². The predicted octanol–water partition coefficient (Wildman–Crippen LogP) is 4.97. The number of benzene rings is 2. The Balaban J connectivity index is 1.99. The van der Waals surface area contributed by atoms with Crippen molar-refractivity contribution in [3.8, 4) is 17.2 Å². The van der Waals surface area contributed by atoms with Gasteiger partial charge in [-0.25, -0.2) is 0 Å². The molecule has 1 aliphatic rings. The second-order valence-electron chi connectivity index (χ2n) is 7.15. The molecule has 0 spiro atoms. The van der Waals surface area contributed by atoms with Crippen molar-refractivity contribution >= 4 is 17.3 Å². The van der Waals surface area contributed by atoms with Gasteiger partial charge in [0.1, 0.15) is 0 Å². The van der Waals surface area contributed by atoms with E-state index in [0.29, 0.717) is 11.4 Å². The number of piperidine rings is 1. The summed E-state index contributed by atoms with van der Waals surface area (Å²) in [5, 5.41) is 2.64. The molecule has 0 aromatic heterocycles. The Morgan fingerprint density at radius 2 is 1.55 bits per heavy atom. The summed E-state index contributed by atoms with van der Waals surface area (Å²) in [6.07, 6.45) is -1.56. The lowest BCUT2D eigenvalue weighted by Gasteiger charge is -2.31. The molecule has 1 aliphatic heterocycles. The van der Waals surface area contributed by atoms with Gasteiger partial charge < -0.3 is 24.4 Å². The number of hydrogen-bond acceptors (Lipinski definition) is 5. The van der Waals surface area contributed by atoms with E-state index in [2.05, 4.69) is 5.32 Å². The van der Waals surface area contributed by atoms with E-state index in [9.17, 15) is 18.0 Å². The van der Waals surface area contributed by atoms with Crippen LogP contribution in [0.1, 0.15) is 35.2 Å². The minimum Gasteiger partial charge on any atom is -0.493 e. The fourth-order valence-electron chi connectivity index (χ4n) is 3.63. The Bertz CT molecular complexity index is 916. The van der Waals surface area contributed by atoms with Crippen LogP contribution in [0.15, 0.2) is 30.3 Å². The van der Waals surface area contributed by atoms with Crippen LogP contribution in [-0.2, 0) is 6.18 Å². The molecule has 0 atom stereocenters. The van der Waals surface area contributed by atoms with Crippen LogP contribution < -0.4 is 24.4 Å². The zero-order chi connectivity index (χ0) is 22.6. The number of anilines is 2. The average Bonchev–Trinajstić information content (AvgIpc) is 2.77. The van der Waals surface area contributed by atoms with Crippen molar-refractivity contribution in [2.45, 2.75) is 25.4 Å². The van der Waals surface area contributed by atoms with E-state index in [1.807, 2.05) is 4.90 Å². The van der Waals surface area contributed by atoms with Crippen LogP contribution >= 0.6 is 0 Å². The third-order valence-corrected chi connectivity index (χ3v) is 5.20. The summed E-state index contributed by atoms with van der Waals surface area (Å²) >= 11 is 0. The molecule has 9 heteroatoms. The standard InChI is InChI=1S/C22H25F3N2O4/c1-29-18-11-14(12-19(30-2)20(18)31-3)21(28)26-16-13-15(22(23,24)25)7-8-17(16)27-9-5-4-6-10-27/h7-8,11-13H,4-6,9-10H2,1-3H3,(H,26,28). The highest BCUT2D eigenvalue weighted by molar-refractivity contribution is 6.06. The van der Waals surface area contributed by atoms with E-state index in [0.717, 1.165) is 44.5 Å². The van der Waals surface area contributed by atoms with Crippen LogP contribution in [0.2, 0.25) is 0 Å². The summed E-state index contributed by atoms with van der Waals surface area (Å²) < 4.78 is 55.7. The molecule has 2 aromatic rings. The van der Waals surface area contributed by atoms with Crippen molar-refractivity contribution in [2.75, 3.05) is 44.6 Å². The maximum absolute atomic E-state index is 13.3. The van der Waals surface area contributed by atoms with Crippen molar-refractivity contribution in [2.24, 2.45) is 0 Å². The van der Waals surface area contributed by atoms with E-state index >= 15 is 0 Å². The third-order valence-electron chi connectivity index (χ3n) is 5.20. The first-order valence-electron chi connectivity index (χ1n) is 9.86. The average molecular weight is 438 g/mol. The molecular weight excluding hydrogens is 413 g/mol. The number of nitrogens with one attached hydrogen (secondary N) is 1. The molecule has 1 heterocycles. The number of carbonyl (C=O) groups is 1. The number of amides is 1. The Kier molecular flexibility index (Phi) is 6.82. The summed E-state index contributed by atoms with van der Waals surface area (Å²) in [4.78, 5) is 15.0. The zero-order valence-corrected chi connectivity index (χ0v) is 17.6. The Morgan fingerprint density at radius 3 is 2.06 bits per heavy atom. The first-order chi connectivity index (χ1) is 14.8. The summed E-state index contributed by atoms with van der Waals surface area (Å²) in [7, 11) is 4.27. The molecule has 1 saturated heterocycles. The molecule has 0 unspecified atom stereocenters. The smallest absolute Gasteiger partial charge is 0.416 e. The van der Waals surface area contributed by atoms with Gasteiger partial charge >= 0.3 is 6.18 Å². The van der Waals surface area contributed by atoms with Gasteiger partial charge in [-0.3, -0.25) is 4.79 Å². The van der Waals surface area contributed by atoms with Gasteiger partial charge in [0, 0.05) is 18.7 Å². The number of carbonyl (C=O) groups excluding carboxylic acids is 1. The Labute approximate surface area is 178 Å². The fourth-order valence-corrected chi connectivity index (χ4v) is 3.63. The largest absolute Gasteiger partial charge is 0.493 e. The van der Waals surface area contributed by atoms with Gasteiger partial charge in [-0.1, -0.05) is 0 Å². The molecule has 0 radical (unpaired) electrons. The number of ether oxygens (including phenoxy) is 3. The SMILES string of the molecule is COc1cc(C(=O)Nc2cc(C(F)(F)F)ccc2N2CCCCC2)cc(OC)c1OC. The zero-order valence-electron chi connectivity index (χ0n) is 17.6. The quantitative estimate of drug-likeness (QED) is 0.690. The Hall–Kier alpha value is -3.10. The van der Waals surface area contributed by atoms with Crippen LogP contribution in [0.3, 0.4) is 0 Å². The van der Waals surface area contributed by atoms with E-state index in [-0.39, 0.29) is 22.7 Å². The molecule has 31 heavy (non-hydrogen) atoms. The number of nitrogens with zero attached hydrogens (tertiary/aromatic N) is 1. The summed E-state index contributed by atoms with van der Waals surface area (Å²) in [6, 6.07) is 6.33. The van der Waals surface area contributed by atoms with E-state index in [1.54, 1.807) is 0 Å². The van der Waals surface area contributed by atoms with Crippen molar-refractivity contribution in [3.63, 3.8) is 0 Å². The van der Waals surface area contributed by atoms with Gasteiger partial charge in [0.25, 0.3) is 5.91 Å². The molecule has 1 fully saturated rings. The molecule has 2 aromatic carbocycles. The highest BCUT2D eigenvalue weighted by Crippen LogP contribution is 2.39. The van der Waals surface area contributed by atoms with Crippen molar-refractivity contribution in [1.82, 2.24) is 0 Å². The Morgan fingerprint density at radius 1 is 0.935 bits per heavy atom. The molecule has 0 saturated carbocycles. The van der Waals surface area contributed by atoms with Crippen LogP contribution in [0.5, 0.6) is 17.2 Å². The van der Waals surface area contributed by atoms with Gasteiger partial charge in [0.2, 0.25) is 5.75 Å². The molecular formula is C22H25F3N2O4. The molecule has 3 rings (SSSR count). The minimum atomic E-state index is -4.52. The maximum Gasteiger partial charge on any atom is 0.416 e.